The van der Waals surface area contributed by atoms with Crippen LogP contribution in [0.25, 0.3) is 22.3 Å². The van der Waals surface area contributed by atoms with Gasteiger partial charge in [0.05, 0.1) is 75.5 Å². The van der Waals surface area contributed by atoms with Crippen LogP contribution in [0.1, 0.15) is 61.6 Å². The summed E-state index contributed by atoms with van der Waals surface area (Å²) in [4.78, 5) is 130. The van der Waals surface area contributed by atoms with Crippen molar-refractivity contribution in [2.24, 2.45) is 0 Å². The van der Waals surface area contributed by atoms with Gasteiger partial charge in [-0.05, 0) is 62.6 Å². The summed E-state index contributed by atoms with van der Waals surface area (Å²) in [7, 11) is -13.2. The minimum absolute atomic E-state index is 0.0483. The van der Waals surface area contributed by atoms with Gasteiger partial charge in [0.15, 0.2) is 41.0 Å². The molecule has 0 radical (unpaired) electrons. The van der Waals surface area contributed by atoms with E-state index in [0.717, 1.165) is 58.0 Å². The van der Waals surface area contributed by atoms with Crippen molar-refractivity contribution >= 4 is 120 Å². The highest BCUT2D eigenvalue weighted by atomic mass is 32.5. The number of morpholine rings is 3. The second kappa shape index (κ2) is 24.8. The molecular weight excluding hydrogens is 1500 g/mol. The zero-order valence-corrected chi connectivity index (χ0v) is 60.2. The molecule has 0 spiro atoms. The molecule has 18 atom stereocenters. The Morgan fingerprint density at radius 2 is 1.07 bits per heavy atom. The number of aromatic amines is 3. The van der Waals surface area contributed by atoms with Crippen LogP contribution in [0.4, 0.5) is 11.8 Å². The number of aliphatic hydroxyl groups is 1. The molecule has 7 aliphatic rings. The molecule has 0 saturated carbocycles. The number of H-pyrrole nitrogens is 3. The number of imidazole rings is 2. The third-order valence-corrected chi connectivity index (χ3v) is 26.5. The first-order chi connectivity index (χ1) is 46.0. The summed E-state index contributed by atoms with van der Waals surface area (Å²) in [6.45, 7) is -13.7. The van der Waals surface area contributed by atoms with E-state index in [1.54, 1.807) is 6.92 Å². The summed E-state index contributed by atoms with van der Waals surface area (Å²) in [6.07, 6.45) is -6.17. The van der Waals surface area contributed by atoms with Gasteiger partial charge in [-0.3, -0.25) is 42.6 Å². The Labute approximate surface area is 573 Å². The number of aromatic nitrogens is 12. The van der Waals surface area contributed by atoms with E-state index in [0.29, 0.717) is 0 Å². The average molecular weight is 1560 g/mol. The SMILES string of the molecule is CC[C@H]1O[C@@H](n2cc(C)c(=O)[nH]c2=O)CC1OP(O)(=S)OC[C@]12CN(S(C)(=O)=O)[C@@H](C1OP(O)(=S)OC[C@]13CN(S(C)(=O)=O)[C@@H](C1OP(O)(=S)OC[C@]14CN(S(C)(=O)=O)[C@@H](C1O)[C@H](n1cnc5c(=O)[nH]c(C)nc51)O4)[C@H](n1cnc4c(=O)[nH]c(N)nc41)O3)[C@H](n1cc(C)c(N)nc1=O)O2. The zero-order valence-electron chi connectivity index (χ0n) is 52.6. The standard InChI is InChI=1S/C48H64N17O25P3S6/c1-8-23-24(9-25(84-23)59-11-21(3)37(67)58-45(59)71)88-91(72,94)82-16-47-13-64(98(6,77)78)29(41(86-47)60-10-20(2)34(49)55-44(60)70)32(47)89-93(74,96)83-17-48-14-65(99(7,79)80)30(42(87-48)62-19-52-27-36(62)56-43(50)57-39(27)69)33(48)90-92(73,95)81-15-46-12-63(97(5,75)76)28(31(46)66)40(85-46)61-18-51-26-35(61)53-22(4)54-38(26)68/h10-11,18-19,23-25,28-33,40-42,66H,8-9,12-17H2,1-7H3,(H,72,94)(H,73,95)(H,74,96)(H2,49,55,70)(H,53,54,68)(H,58,67,71)(H3,50,56,57,69)/t23-,24?,25-,28+,29+,30+,31?,32?,33?,40-,41-,42-,46-,47-,48-,91?,92?,93?/m1/s1. The Morgan fingerprint density at radius 1 is 0.616 bits per heavy atom. The van der Waals surface area contributed by atoms with Gasteiger partial charge in [0, 0.05) is 49.6 Å². The normalized spacial score (nSPS) is 33.0. The molecule has 0 aliphatic carbocycles. The van der Waals surface area contributed by atoms with Crippen LogP contribution in [-0.4, -0.2) is 240 Å². The third kappa shape index (κ3) is 12.8. The van der Waals surface area contributed by atoms with E-state index in [4.69, 9.17) is 93.0 Å². The molecule has 13 heterocycles. The lowest BCUT2D eigenvalue weighted by molar-refractivity contribution is -0.146. The van der Waals surface area contributed by atoms with Crippen molar-refractivity contribution in [1.82, 2.24) is 71.1 Å². The second-order valence-electron chi connectivity index (χ2n) is 25.0. The number of fused-ring (bicyclic) bond motifs is 8. The van der Waals surface area contributed by atoms with Crippen LogP contribution in [0.15, 0.2) is 49.0 Å². The zero-order chi connectivity index (χ0) is 71.8. The lowest BCUT2D eigenvalue weighted by Gasteiger charge is -2.37. The summed E-state index contributed by atoms with van der Waals surface area (Å²) in [5, 5.41) is 12.0. The van der Waals surface area contributed by atoms with Gasteiger partial charge < -0.3 is 82.3 Å². The van der Waals surface area contributed by atoms with E-state index in [9.17, 15) is 69.0 Å². The highest BCUT2D eigenvalue weighted by Crippen LogP contribution is 2.62. The van der Waals surface area contributed by atoms with Gasteiger partial charge in [-0.25, -0.2) is 49.8 Å². The molecule has 13 rings (SSSR count). The van der Waals surface area contributed by atoms with Gasteiger partial charge in [-0.15, -0.1) is 0 Å². The Kier molecular flexibility index (Phi) is 18.1. The van der Waals surface area contributed by atoms with Crippen LogP contribution in [0.5, 0.6) is 0 Å². The fourth-order valence-corrected chi connectivity index (χ4v) is 21.6. The first-order valence-corrected chi connectivity index (χ1v) is 42.9. The molecule has 51 heteroatoms. The molecule has 542 valence electrons. The minimum atomic E-state index is -5.12. The topological polar surface area (TPSA) is 554 Å². The van der Waals surface area contributed by atoms with Crippen LogP contribution in [-0.2, 0) is 112 Å². The predicted octanol–water partition coefficient (Wildman–Crippen LogP) is -4.20. The molecule has 0 amide bonds. The number of anilines is 2. The number of nitrogens with two attached hydrogens (primary N) is 2. The van der Waals surface area contributed by atoms with Gasteiger partial charge in [0.1, 0.15) is 59.0 Å². The predicted molar refractivity (Wildman–Crippen MR) is 351 cm³/mol. The Hall–Kier alpha value is -5.02. The summed E-state index contributed by atoms with van der Waals surface area (Å²) >= 11 is 16.9. The monoisotopic (exact) mass is 1560 g/mol. The van der Waals surface area contributed by atoms with Crippen LogP contribution < -0.4 is 39.5 Å². The molecule has 7 fully saturated rings. The maximum atomic E-state index is 14.1. The van der Waals surface area contributed by atoms with Crippen molar-refractivity contribution in [3.63, 3.8) is 0 Å². The summed E-state index contributed by atoms with van der Waals surface area (Å²) in [5.41, 5.74) is 0.873. The van der Waals surface area contributed by atoms with Crippen molar-refractivity contribution in [1.29, 1.82) is 0 Å². The van der Waals surface area contributed by atoms with Crippen molar-refractivity contribution in [2.75, 3.05) is 69.7 Å². The van der Waals surface area contributed by atoms with E-state index in [1.807, 2.05) is 0 Å². The lowest BCUT2D eigenvalue weighted by atomic mass is 10.0. The number of hydrogen-bond acceptors (Lipinski definition) is 32. The average Bonchev–Trinajstić information content (AvgIpc) is 1.55. The molecule has 0 aromatic carbocycles. The summed E-state index contributed by atoms with van der Waals surface area (Å²) < 4.78 is 153. The fourth-order valence-electron chi connectivity index (χ4n) is 13.8. The van der Waals surface area contributed by atoms with E-state index in [2.05, 4.69) is 39.9 Å². The van der Waals surface area contributed by atoms with Crippen LogP contribution in [0, 0.1) is 20.8 Å². The fraction of sp³-hybridized carbons (Fsp3) is 0.625. The first-order valence-electron chi connectivity index (χ1n) is 29.6. The van der Waals surface area contributed by atoms with Crippen LogP contribution in [0.3, 0.4) is 0 Å². The first kappa shape index (κ1) is 72.3. The molecule has 42 nitrogen and oxygen atoms in total. The Balaban J connectivity index is 0.829. The number of aliphatic hydroxyl groups excluding tert-OH is 1. The van der Waals surface area contributed by atoms with E-state index < -0.39 is 214 Å². The number of hydrogen-bond donors (Lipinski definition) is 9. The van der Waals surface area contributed by atoms with Crippen molar-refractivity contribution in [3.05, 3.63) is 94.0 Å². The van der Waals surface area contributed by atoms with Crippen LogP contribution >= 0.6 is 20.2 Å². The van der Waals surface area contributed by atoms with E-state index in [1.165, 1.54) is 37.7 Å². The van der Waals surface area contributed by atoms with Gasteiger partial charge in [-0.1, -0.05) is 6.92 Å². The molecule has 7 unspecified atom stereocenters. The van der Waals surface area contributed by atoms with E-state index >= 15 is 0 Å². The summed E-state index contributed by atoms with van der Waals surface area (Å²) in [6, 6.07) is -4.87. The number of nitrogen functional groups attached to an aromatic ring is 2. The highest BCUT2D eigenvalue weighted by Gasteiger charge is 2.72. The second-order valence-corrected chi connectivity index (χ2v) is 39.2. The number of nitrogens with one attached hydrogen (secondary N) is 3. The quantitative estimate of drug-likeness (QED) is 0.0275. The molecule has 6 aromatic rings. The number of aryl methyl sites for hydroxylation is 3. The largest absolute Gasteiger partial charge is 0.388 e. The highest BCUT2D eigenvalue weighted by molar-refractivity contribution is 8.07. The van der Waals surface area contributed by atoms with E-state index in [-0.39, 0.29) is 57.9 Å². The molecule has 7 aliphatic heterocycles. The van der Waals surface area contributed by atoms with Gasteiger partial charge in [0.25, 0.3) is 16.7 Å². The van der Waals surface area contributed by atoms with Crippen LogP contribution in [0.2, 0.25) is 0 Å². The number of rotatable bonds is 23. The Bertz CT molecular complexity index is 5180. The molecule has 99 heavy (non-hydrogen) atoms. The van der Waals surface area contributed by atoms with Crippen molar-refractivity contribution in [2.45, 2.75) is 131 Å². The smallest absolute Gasteiger partial charge is 0.351 e. The lowest BCUT2D eigenvalue weighted by Crippen LogP contribution is -2.51. The van der Waals surface area contributed by atoms with Crippen molar-refractivity contribution < 1.29 is 91.1 Å². The molecule has 11 N–H and O–H groups in total. The number of nitrogens with zero attached hydrogens (tertiary/aromatic N) is 12. The van der Waals surface area contributed by atoms with Crippen molar-refractivity contribution in [3.8, 4) is 0 Å². The molecular formula is C48H64N17O25P3S6. The van der Waals surface area contributed by atoms with Gasteiger partial charge in [-0.2, -0.15) is 22.9 Å². The molecule has 7 saturated heterocycles. The Morgan fingerprint density at radius 3 is 1.61 bits per heavy atom. The van der Waals surface area contributed by atoms with Gasteiger partial charge in [0.2, 0.25) is 36.0 Å². The number of ether oxygens (including phenoxy) is 4. The molecule has 6 aromatic heterocycles. The molecule has 6 bridgehead atoms. The van der Waals surface area contributed by atoms with Gasteiger partial charge >= 0.3 is 31.5 Å². The maximum Gasteiger partial charge on any atom is 0.351 e. The maximum absolute atomic E-state index is 14.1. The third-order valence-electron chi connectivity index (χ3n) is 18.2. The number of sulfonamides is 3. The summed E-state index contributed by atoms with van der Waals surface area (Å²) in [5.74, 6) is -0.478. The minimum Gasteiger partial charge on any atom is -0.388 e.